The number of benzene rings is 5. The number of hydrogen-bond acceptors (Lipinski definition) is 6. The predicted octanol–water partition coefficient (Wildman–Crippen LogP) is 0.114. The molecule has 32 heavy (non-hydrogen) atoms. The summed E-state index contributed by atoms with van der Waals surface area (Å²) in [5, 5.41) is 25.7. The molecule has 0 radical (unpaired) electrons. The smallest absolute Gasteiger partial charge is 0.545 e. The Balaban J connectivity index is 0.00000216. The molecular formula is C24H9KO7. The van der Waals surface area contributed by atoms with Gasteiger partial charge in [-0.05, 0) is 50.5 Å². The SMILES string of the molecule is O=C([O-])c1ccc2c3ccc4c5c(ccc(c6ccc(C(=O)O)c1c26)c53)C(=O)OC4=O.[K+]. The van der Waals surface area contributed by atoms with Crippen LogP contribution in [-0.4, -0.2) is 29.0 Å². The van der Waals surface area contributed by atoms with E-state index in [1.807, 2.05) is 0 Å². The third-order valence-electron chi connectivity index (χ3n) is 5.98. The van der Waals surface area contributed by atoms with Crippen molar-refractivity contribution < 1.29 is 85.5 Å². The minimum absolute atomic E-state index is 0. The van der Waals surface area contributed by atoms with Crippen molar-refractivity contribution in [3.63, 3.8) is 0 Å². The van der Waals surface area contributed by atoms with E-state index in [2.05, 4.69) is 0 Å². The molecule has 1 aliphatic rings. The molecule has 0 aromatic heterocycles. The summed E-state index contributed by atoms with van der Waals surface area (Å²) in [7, 11) is 0. The van der Waals surface area contributed by atoms with Crippen LogP contribution in [0.3, 0.4) is 0 Å². The number of esters is 2. The molecule has 5 aromatic rings. The van der Waals surface area contributed by atoms with Gasteiger partial charge in [0.15, 0.2) is 0 Å². The van der Waals surface area contributed by atoms with Crippen LogP contribution in [0.5, 0.6) is 0 Å². The van der Waals surface area contributed by atoms with Gasteiger partial charge < -0.3 is 19.7 Å². The number of aromatic carboxylic acids is 2. The molecule has 1 heterocycles. The van der Waals surface area contributed by atoms with Gasteiger partial charge >= 0.3 is 69.3 Å². The molecule has 0 unspecified atom stereocenters. The Bertz CT molecular complexity index is 1580. The molecule has 8 heteroatoms. The summed E-state index contributed by atoms with van der Waals surface area (Å²) in [6.45, 7) is 0. The van der Waals surface area contributed by atoms with Crippen LogP contribution in [0.4, 0.5) is 0 Å². The van der Waals surface area contributed by atoms with E-state index in [1.165, 1.54) is 12.1 Å². The van der Waals surface area contributed by atoms with E-state index >= 15 is 0 Å². The van der Waals surface area contributed by atoms with Crippen molar-refractivity contribution >= 4 is 67.0 Å². The Morgan fingerprint density at radius 3 is 1.56 bits per heavy atom. The summed E-state index contributed by atoms with van der Waals surface area (Å²) in [5.41, 5.74) is 0.172. The van der Waals surface area contributed by atoms with Gasteiger partial charge in [0.05, 0.1) is 22.7 Å². The van der Waals surface area contributed by atoms with Crippen molar-refractivity contribution in [3.8, 4) is 0 Å². The fourth-order valence-electron chi connectivity index (χ4n) is 4.77. The van der Waals surface area contributed by atoms with Gasteiger partial charge in [-0.15, -0.1) is 0 Å². The Morgan fingerprint density at radius 1 is 0.656 bits per heavy atom. The molecule has 0 saturated heterocycles. The van der Waals surface area contributed by atoms with Gasteiger partial charge in [-0.25, -0.2) is 14.4 Å². The van der Waals surface area contributed by atoms with E-state index in [0.29, 0.717) is 37.7 Å². The van der Waals surface area contributed by atoms with Crippen LogP contribution in [-0.2, 0) is 4.74 Å². The molecular weight excluding hydrogens is 439 g/mol. The summed E-state index contributed by atoms with van der Waals surface area (Å²) in [5.74, 6) is -4.19. The van der Waals surface area contributed by atoms with Crippen LogP contribution in [0.2, 0.25) is 0 Å². The van der Waals surface area contributed by atoms with Crippen molar-refractivity contribution in [3.05, 3.63) is 70.8 Å². The summed E-state index contributed by atoms with van der Waals surface area (Å²) < 4.78 is 4.83. The van der Waals surface area contributed by atoms with Gasteiger partial charge in [-0.1, -0.05) is 30.3 Å². The number of cyclic esters (lactones) is 2. The summed E-state index contributed by atoms with van der Waals surface area (Å²) in [6.07, 6.45) is 0. The van der Waals surface area contributed by atoms with Gasteiger partial charge in [0.1, 0.15) is 0 Å². The molecule has 0 fully saturated rings. The number of rotatable bonds is 2. The number of carbonyl (C=O) groups is 4. The number of carbonyl (C=O) groups excluding carboxylic acids is 3. The van der Waals surface area contributed by atoms with Crippen molar-refractivity contribution in [1.29, 1.82) is 0 Å². The Labute approximate surface area is 221 Å². The number of hydrogen-bond donors (Lipinski definition) is 1. The second kappa shape index (κ2) is 7.06. The Kier molecular flexibility index (Phi) is 4.63. The molecule has 0 aliphatic carbocycles. The third-order valence-corrected chi connectivity index (χ3v) is 5.98. The monoisotopic (exact) mass is 448 g/mol. The van der Waals surface area contributed by atoms with E-state index in [0.717, 1.165) is 0 Å². The number of carboxylic acid groups (broad SMARTS) is 2. The molecule has 0 saturated carbocycles. The van der Waals surface area contributed by atoms with Crippen molar-refractivity contribution in [2.75, 3.05) is 0 Å². The Morgan fingerprint density at radius 2 is 1.09 bits per heavy atom. The van der Waals surface area contributed by atoms with E-state index in [1.54, 1.807) is 36.4 Å². The van der Waals surface area contributed by atoms with E-state index in [-0.39, 0.29) is 79.0 Å². The molecule has 5 aromatic carbocycles. The zero-order chi connectivity index (χ0) is 21.6. The van der Waals surface area contributed by atoms with E-state index in [9.17, 15) is 29.4 Å². The average molecular weight is 448 g/mol. The minimum atomic E-state index is -1.48. The standard InChI is InChI=1S/C24H10O7.K/c25-21(26)13-5-1-9-11-3-7-15-20-16(24(30)31-23(15)29)8-4-12(18(11)20)10-2-6-14(22(27)28)19(13)17(9)10;/h1-8H,(H,25,26)(H,27,28);/q;+1/p-1. The summed E-state index contributed by atoms with van der Waals surface area (Å²) in [6, 6.07) is 12.4. The van der Waals surface area contributed by atoms with E-state index in [4.69, 9.17) is 4.74 Å². The maximum absolute atomic E-state index is 12.3. The zero-order valence-corrected chi connectivity index (χ0v) is 19.6. The van der Waals surface area contributed by atoms with Gasteiger partial charge in [-0.3, -0.25) is 0 Å². The van der Waals surface area contributed by atoms with Crippen LogP contribution in [0.25, 0.3) is 43.1 Å². The molecule has 1 N–H and O–H groups in total. The average Bonchev–Trinajstić information content (AvgIpc) is 2.75. The van der Waals surface area contributed by atoms with Crippen LogP contribution < -0.4 is 56.5 Å². The molecule has 7 nitrogen and oxygen atoms in total. The maximum atomic E-state index is 12.3. The predicted molar refractivity (Wildman–Crippen MR) is 109 cm³/mol. The summed E-state index contributed by atoms with van der Waals surface area (Å²) in [4.78, 5) is 48.2. The molecule has 148 valence electrons. The van der Waals surface area contributed by atoms with Gasteiger partial charge in [0, 0.05) is 16.3 Å². The zero-order valence-electron chi connectivity index (χ0n) is 16.5. The first-order valence-corrected chi connectivity index (χ1v) is 9.30. The van der Waals surface area contributed by atoms with Crippen molar-refractivity contribution in [1.82, 2.24) is 0 Å². The molecule has 0 amide bonds. The number of fused-ring (bicyclic) bond motifs is 2. The quantitative estimate of drug-likeness (QED) is 0.134. The summed E-state index contributed by atoms with van der Waals surface area (Å²) >= 11 is 0. The largest absolute Gasteiger partial charge is 1.00 e. The van der Waals surface area contributed by atoms with Gasteiger partial charge in [-0.2, -0.15) is 0 Å². The van der Waals surface area contributed by atoms with Crippen LogP contribution in [0, 0.1) is 0 Å². The first-order chi connectivity index (χ1) is 14.9. The third kappa shape index (κ3) is 2.55. The second-order valence-corrected chi connectivity index (χ2v) is 7.41. The van der Waals surface area contributed by atoms with E-state index < -0.39 is 23.9 Å². The molecule has 1 aliphatic heterocycles. The number of ether oxygens (including phenoxy) is 1. The first kappa shape index (κ1) is 21.0. The van der Waals surface area contributed by atoms with Crippen molar-refractivity contribution in [2.45, 2.75) is 0 Å². The van der Waals surface area contributed by atoms with Gasteiger partial charge in [0.25, 0.3) is 0 Å². The molecule has 0 atom stereocenters. The normalized spacial score (nSPS) is 13.0. The van der Waals surface area contributed by atoms with Crippen LogP contribution >= 0.6 is 0 Å². The number of carboxylic acids is 2. The maximum Gasteiger partial charge on any atom is 1.00 e. The molecule has 0 spiro atoms. The second-order valence-electron chi connectivity index (χ2n) is 7.41. The molecule has 0 bridgehead atoms. The topological polar surface area (TPSA) is 121 Å². The fraction of sp³-hybridized carbons (Fsp3) is 0. The first-order valence-electron chi connectivity index (χ1n) is 9.30. The Hall–Kier alpha value is -2.88. The van der Waals surface area contributed by atoms with Crippen LogP contribution in [0.15, 0.2) is 48.5 Å². The van der Waals surface area contributed by atoms with Crippen LogP contribution in [0.1, 0.15) is 41.4 Å². The fourth-order valence-corrected chi connectivity index (χ4v) is 4.77. The minimum Gasteiger partial charge on any atom is -0.545 e. The van der Waals surface area contributed by atoms with Gasteiger partial charge in [0.2, 0.25) is 0 Å². The molecule has 6 rings (SSSR count). The van der Waals surface area contributed by atoms with Crippen molar-refractivity contribution in [2.24, 2.45) is 0 Å².